The third kappa shape index (κ3) is 1.08. The molecule has 0 aliphatic carbocycles. The Morgan fingerprint density at radius 3 is 1.88 bits per heavy atom. The molecule has 0 bridgehead atoms. The van der Waals surface area contributed by atoms with Gasteiger partial charge in [-0.2, -0.15) is 0 Å². The van der Waals surface area contributed by atoms with Crippen LogP contribution in [0.25, 0.3) is 10.8 Å². The molecule has 1 aliphatic heterocycles. The van der Waals surface area contributed by atoms with Crippen LogP contribution in [0.15, 0.2) is 36.4 Å². The highest BCUT2D eigenvalue weighted by Gasteiger charge is 2.30. The first-order chi connectivity index (χ1) is 7.70. The molecule has 2 amide bonds. The minimum atomic E-state index is -0.311. The first kappa shape index (κ1) is 9.54. The van der Waals surface area contributed by atoms with Crippen molar-refractivity contribution in [1.82, 2.24) is 3.93 Å². The lowest BCUT2D eigenvalue weighted by Gasteiger charge is -2.21. The number of hydrogen-bond donors (Lipinski definition) is 0. The molecule has 0 saturated heterocycles. The molecule has 2 aromatic carbocycles. The SMILES string of the molecule is O=C1c2cccc3cccc(c23)C(=O)N1Br. The number of carbonyl (C=O) groups excluding carboxylic acids is 2. The van der Waals surface area contributed by atoms with Gasteiger partial charge < -0.3 is 0 Å². The van der Waals surface area contributed by atoms with Gasteiger partial charge in [0.05, 0.1) is 16.1 Å². The van der Waals surface area contributed by atoms with Crippen molar-refractivity contribution < 1.29 is 9.59 Å². The Morgan fingerprint density at radius 2 is 1.38 bits per heavy atom. The Kier molecular flexibility index (Phi) is 1.88. The predicted molar refractivity (Wildman–Crippen MR) is 63.4 cm³/mol. The van der Waals surface area contributed by atoms with Gasteiger partial charge in [-0.15, -0.1) is 0 Å². The van der Waals surface area contributed by atoms with Crippen LogP contribution in [-0.4, -0.2) is 15.7 Å². The molecule has 0 saturated carbocycles. The van der Waals surface area contributed by atoms with Gasteiger partial charge in [-0.05, 0) is 17.5 Å². The molecule has 78 valence electrons. The molecule has 1 aliphatic rings. The van der Waals surface area contributed by atoms with Crippen LogP contribution in [0.1, 0.15) is 20.7 Å². The zero-order valence-electron chi connectivity index (χ0n) is 8.11. The van der Waals surface area contributed by atoms with Crippen molar-refractivity contribution in [3.63, 3.8) is 0 Å². The molecule has 16 heavy (non-hydrogen) atoms. The van der Waals surface area contributed by atoms with Crippen LogP contribution in [0, 0.1) is 0 Å². The molecule has 4 heteroatoms. The summed E-state index contributed by atoms with van der Waals surface area (Å²) in [4.78, 5) is 23.7. The summed E-state index contributed by atoms with van der Waals surface area (Å²) in [6.07, 6.45) is 0. The second kappa shape index (κ2) is 3.15. The maximum atomic E-state index is 11.9. The summed E-state index contributed by atoms with van der Waals surface area (Å²) in [6, 6.07) is 10.9. The second-order valence-electron chi connectivity index (χ2n) is 3.60. The van der Waals surface area contributed by atoms with Gasteiger partial charge in [0.2, 0.25) is 0 Å². The summed E-state index contributed by atoms with van der Waals surface area (Å²) in [5, 5.41) is 1.66. The largest absolute Gasteiger partial charge is 0.271 e. The molecule has 0 spiro atoms. The van der Waals surface area contributed by atoms with Crippen molar-refractivity contribution in [3.8, 4) is 0 Å². The van der Waals surface area contributed by atoms with E-state index in [0.29, 0.717) is 11.1 Å². The van der Waals surface area contributed by atoms with Gasteiger partial charge >= 0.3 is 0 Å². The molecular formula is C12H6BrNO2. The van der Waals surface area contributed by atoms with Crippen LogP contribution in [0.3, 0.4) is 0 Å². The molecule has 2 aromatic rings. The van der Waals surface area contributed by atoms with E-state index < -0.39 is 0 Å². The van der Waals surface area contributed by atoms with Gasteiger partial charge in [-0.25, -0.2) is 3.93 Å². The molecule has 0 radical (unpaired) electrons. The maximum Gasteiger partial charge on any atom is 0.271 e. The minimum absolute atomic E-state index is 0.311. The first-order valence-corrected chi connectivity index (χ1v) is 5.47. The highest BCUT2D eigenvalue weighted by atomic mass is 79.9. The van der Waals surface area contributed by atoms with Crippen LogP contribution >= 0.6 is 16.1 Å². The van der Waals surface area contributed by atoms with E-state index >= 15 is 0 Å². The monoisotopic (exact) mass is 275 g/mol. The lowest BCUT2D eigenvalue weighted by molar-refractivity contribution is 0.0746. The number of hydrogen-bond acceptors (Lipinski definition) is 2. The summed E-state index contributed by atoms with van der Waals surface area (Å²) in [7, 11) is 0. The summed E-state index contributed by atoms with van der Waals surface area (Å²) in [6.45, 7) is 0. The van der Waals surface area contributed by atoms with Gasteiger partial charge in [-0.3, -0.25) is 9.59 Å². The fraction of sp³-hybridized carbons (Fsp3) is 0. The van der Waals surface area contributed by atoms with Crippen LogP contribution in [0.5, 0.6) is 0 Å². The summed E-state index contributed by atoms with van der Waals surface area (Å²) in [5.74, 6) is -0.622. The quantitative estimate of drug-likeness (QED) is 0.548. The molecule has 3 nitrogen and oxygen atoms in total. The standard InChI is InChI=1S/C12H6BrNO2/c13-14-11(15)8-5-1-3-7-4-2-6-9(10(7)8)12(14)16/h1-6H. The van der Waals surface area contributed by atoms with E-state index in [-0.39, 0.29) is 11.8 Å². The van der Waals surface area contributed by atoms with Crippen molar-refractivity contribution in [2.75, 3.05) is 0 Å². The van der Waals surface area contributed by atoms with E-state index in [9.17, 15) is 9.59 Å². The average molecular weight is 276 g/mol. The number of nitrogens with zero attached hydrogens (tertiary/aromatic N) is 1. The lowest BCUT2D eigenvalue weighted by atomic mass is 9.95. The zero-order chi connectivity index (χ0) is 11.3. The third-order valence-corrected chi connectivity index (χ3v) is 3.37. The Labute approximate surface area is 100.0 Å². The van der Waals surface area contributed by atoms with Crippen LogP contribution in [0.2, 0.25) is 0 Å². The summed E-state index contributed by atoms with van der Waals surface area (Å²) in [5.41, 5.74) is 1.12. The molecule has 0 aromatic heterocycles. The number of benzene rings is 2. The highest BCUT2D eigenvalue weighted by Crippen LogP contribution is 2.30. The van der Waals surface area contributed by atoms with E-state index in [1.54, 1.807) is 12.1 Å². The normalized spacial score (nSPS) is 14.7. The fourth-order valence-corrected chi connectivity index (χ4v) is 2.38. The topological polar surface area (TPSA) is 37.4 Å². The predicted octanol–water partition coefficient (Wildman–Crippen LogP) is 2.75. The van der Waals surface area contributed by atoms with Crippen molar-refractivity contribution in [3.05, 3.63) is 47.5 Å². The molecular weight excluding hydrogens is 270 g/mol. The maximum absolute atomic E-state index is 11.9. The van der Waals surface area contributed by atoms with Gasteiger partial charge in [0.25, 0.3) is 11.8 Å². The number of halogens is 1. The van der Waals surface area contributed by atoms with E-state index in [2.05, 4.69) is 16.1 Å². The van der Waals surface area contributed by atoms with Crippen molar-refractivity contribution in [1.29, 1.82) is 0 Å². The second-order valence-corrected chi connectivity index (χ2v) is 4.31. The Morgan fingerprint density at radius 1 is 0.875 bits per heavy atom. The summed E-state index contributed by atoms with van der Waals surface area (Å²) < 4.78 is 0.976. The van der Waals surface area contributed by atoms with Gasteiger partial charge in [0.15, 0.2) is 0 Å². The third-order valence-electron chi connectivity index (χ3n) is 2.72. The minimum Gasteiger partial charge on any atom is -0.268 e. The summed E-state index contributed by atoms with van der Waals surface area (Å²) >= 11 is 2.99. The molecule has 1 heterocycles. The van der Waals surface area contributed by atoms with E-state index in [1.165, 1.54) is 0 Å². The zero-order valence-corrected chi connectivity index (χ0v) is 9.69. The van der Waals surface area contributed by atoms with E-state index in [4.69, 9.17) is 0 Å². The number of carbonyl (C=O) groups is 2. The van der Waals surface area contributed by atoms with Gasteiger partial charge in [-0.1, -0.05) is 24.3 Å². The van der Waals surface area contributed by atoms with Gasteiger partial charge in [0, 0.05) is 16.5 Å². The van der Waals surface area contributed by atoms with Crippen LogP contribution in [-0.2, 0) is 0 Å². The lowest BCUT2D eigenvalue weighted by Crippen LogP contribution is -2.32. The number of rotatable bonds is 0. The first-order valence-electron chi connectivity index (χ1n) is 4.76. The van der Waals surface area contributed by atoms with Crippen LogP contribution in [0.4, 0.5) is 0 Å². The smallest absolute Gasteiger partial charge is 0.268 e. The van der Waals surface area contributed by atoms with E-state index in [1.807, 2.05) is 24.3 Å². The molecule has 0 unspecified atom stereocenters. The van der Waals surface area contributed by atoms with Gasteiger partial charge in [0.1, 0.15) is 0 Å². The fourth-order valence-electron chi connectivity index (χ4n) is 2.00. The molecule has 0 atom stereocenters. The van der Waals surface area contributed by atoms with Crippen molar-refractivity contribution in [2.24, 2.45) is 0 Å². The number of imide groups is 1. The van der Waals surface area contributed by atoms with E-state index in [0.717, 1.165) is 14.7 Å². The van der Waals surface area contributed by atoms with Crippen molar-refractivity contribution >= 4 is 38.7 Å². The van der Waals surface area contributed by atoms with Crippen LogP contribution < -0.4 is 0 Å². The Balaban J connectivity index is 2.52. The Hall–Kier alpha value is -1.68. The highest BCUT2D eigenvalue weighted by molar-refractivity contribution is 9.08. The number of amides is 2. The van der Waals surface area contributed by atoms with Crippen molar-refractivity contribution in [2.45, 2.75) is 0 Å². The average Bonchev–Trinajstić information content (AvgIpc) is 2.33. The molecule has 0 N–H and O–H groups in total. The molecule has 0 fully saturated rings. The molecule has 3 rings (SSSR count). The Bertz CT molecular complexity index is 585.